The molecule has 0 aliphatic carbocycles. The van der Waals surface area contributed by atoms with E-state index in [4.69, 9.17) is 20.8 Å². The molecule has 0 bridgehead atoms. The van der Waals surface area contributed by atoms with E-state index in [1.54, 1.807) is 6.07 Å². The highest BCUT2D eigenvalue weighted by atomic mass is 19.1. The average Bonchev–Trinajstić information content (AvgIpc) is 2.68. The fraction of sp³-hybridized carbons (Fsp3) is 0.571. The van der Waals surface area contributed by atoms with Crippen LogP contribution in [0.4, 0.5) is 10.2 Å². The van der Waals surface area contributed by atoms with E-state index in [0.29, 0.717) is 17.6 Å². The molecule has 0 spiro atoms. The smallest absolute Gasteiger partial charge is 0.427 e. The molecule has 0 amide bonds. The maximum atomic E-state index is 14.1. The van der Waals surface area contributed by atoms with Crippen LogP contribution in [-0.2, 0) is 0 Å². The normalized spacial score (nSPS) is 16.6. The molecule has 5 nitrogen and oxygen atoms in total. The van der Waals surface area contributed by atoms with Gasteiger partial charge in [-0.15, -0.1) is 0 Å². The predicted octanol–water partition coefficient (Wildman–Crippen LogP) is 3.18. The molecule has 28 heavy (non-hydrogen) atoms. The molecule has 1 atom stereocenters. The van der Waals surface area contributed by atoms with Crippen LogP contribution in [0.1, 0.15) is 43.2 Å². The Kier molecular flexibility index (Phi) is 6.91. The zero-order valence-corrected chi connectivity index (χ0v) is 16.9. The number of benzene rings is 1. The third-order valence-corrected chi connectivity index (χ3v) is 5.99. The zero-order chi connectivity index (χ0) is 20.3. The van der Waals surface area contributed by atoms with Gasteiger partial charge in [-0.05, 0) is 68.6 Å². The van der Waals surface area contributed by atoms with Crippen LogP contribution in [0.5, 0.6) is 0 Å². The highest BCUT2D eigenvalue weighted by Crippen LogP contribution is 2.30. The minimum absolute atomic E-state index is 0.153. The van der Waals surface area contributed by atoms with Gasteiger partial charge in [-0.1, -0.05) is 18.9 Å². The standard InChI is InChI=1S/C21H31BFN3O2/c1-14-6-7-18(23)17-13-15(2)21(25-20(14)17)26-11-8-16(9-12-26)19(24)5-3-4-10-22(27)28/h6-7,13,16,19,27-28H,3-5,8-12,24H2,1-2H3. The number of halogens is 1. The molecule has 1 aliphatic rings. The van der Waals surface area contributed by atoms with E-state index in [0.717, 1.165) is 67.7 Å². The molecule has 1 unspecified atom stereocenters. The van der Waals surface area contributed by atoms with Crippen molar-refractivity contribution in [3.8, 4) is 0 Å². The van der Waals surface area contributed by atoms with Crippen molar-refractivity contribution in [3.63, 3.8) is 0 Å². The van der Waals surface area contributed by atoms with Crippen LogP contribution in [0.3, 0.4) is 0 Å². The van der Waals surface area contributed by atoms with Gasteiger partial charge in [0, 0.05) is 24.5 Å². The first-order valence-corrected chi connectivity index (χ1v) is 10.3. The lowest BCUT2D eigenvalue weighted by molar-refractivity contribution is 0.320. The first-order valence-electron chi connectivity index (χ1n) is 10.3. The third kappa shape index (κ3) is 4.83. The zero-order valence-electron chi connectivity index (χ0n) is 16.9. The number of pyridine rings is 1. The minimum Gasteiger partial charge on any atom is -0.427 e. The Hall–Kier alpha value is -1.70. The van der Waals surface area contributed by atoms with Crippen LogP contribution in [0.15, 0.2) is 18.2 Å². The summed E-state index contributed by atoms with van der Waals surface area (Å²) in [6, 6.07) is 5.35. The van der Waals surface area contributed by atoms with Crippen molar-refractivity contribution in [2.45, 2.75) is 58.3 Å². The molecule has 1 aliphatic heterocycles. The number of unbranched alkanes of at least 4 members (excludes halogenated alkanes) is 1. The van der Waals surface area contributed by atoms with Crippen LogP contribution >= 0.6 is 0 Å². The van der Waals surface area contributed by atoms with E-state index in [-0.39, 0.29) is 11.9 Å². The van der Waals surface area contributed by atoms with Gasteiger partial charge in [-0.3, -0.25) is 0 Å². The van der Waals surface area contributed by atoms with Gasteiger partial charge in [0.2, 0.25) is 0 Å². The first-order chi connectivity index (χ1) is 13.4. The monoisotopic (exact) mass is 387 g/mol. The lowest BCUT2D eigenvalue weighted by Crippen LogP contribution is -2.41. The number of rotatable bonds is 7. The van der Waals surface area contributed by atoms with Crippen molar-refractivity contribution in [1.29, 1.82) is 0 Å². The van der Waals surface area contributed by atoms with E-state index >= 15 is 0 Å². The van der Waals surface area contributed by atoms with Gasteiger partial charge in [0.05, 0.1) is 5.52 Å². The first kappa shape index (κ1) is 21.0. The van der Waals surface area contributed by atoms with Crippen LogP contribution < -0.4 is 10.6 Å². The van der Waals surface area contributed by atoms with Gasteiger partial charge in [0.25, 0.3) is 0 Å². The highest BCUT2D eigenvalue weighted by Gasteiger charge is 2.26. The maximum Gasteiger partial charge on any atom is 0.451 e. The predicted molar refractivity (Wildman–Crippen MR) is 113 cm³/mol. The number of aromatic nitrogens is 1. The number of anilines is 1. The largest absolute Gasteiger partial charge is 0.451 e. The summed E-state index contributed by atoms with van der Waals surface area (Å²) in [4.78, 5) is 7.11. The average molecular weight is 387 g/mol. The second-order valence-electron chi connectivity index (χ2n) is 8.14. The summed E-state index contributed by atoms with van der Waals surface area (Å²) in [5.41, 5.74) is 9.12. The van der Waals surface area contributed by atoms with Crippen molar-refractivity contribution in [1.82, 2.24) is 4.98 Å². The number of nitrogens with two attached hydrogens (primary N) is 1. The molecule has 7 heteroatoms. The van der Waals surface area contributed by atoms with Crippen LogP contribution in [0.25, 0.3) is 10.9 Å². The molecular weight excluding hydrogens is 356 g/mol. The Morgan fingerprint density at radius 3 is 2.61 bits per heavy atom. The quantitative estimate of drug-likeness (QED) is 0.502. The second kappa shape index (κ2) is 9.20. The number of piperidine rings is 1. The number of nitrogens with zero attached hydrogens (tertiary/aromatic N) is 2. The summed E-state index contributed by atoms with van der Waals surface area (Å²) in [5.74, 6) is 1.21. The Balaban J connectivity index is 1.62. The van der Waals surface area contributed by atoms with E-state index in [1.807, 2.05) is 19.9 Å². The van der Waals surface area contributed by atoms with E-state index in [9.17, 15) is 4.39 Å². The summed E-state index contributed by atoms with van der Waals surface area (Å²) >= 11 is 0. The van der Waals surface area contributed by atoms with Crippen LogP contribution in [0, 0.1) is 25.6 Å². The van der Waals surface area contributed by atoms with Gasteiger partial charge in [0.1, 0.15) is 11.6 Å². The van der Waals surface area contributed by atoms with Gasteiger partial charge >= 0.3 is 7.12 Å². The van der Waals surface area contributed by atoms with Crippen molar-refractivity contribution >= 4 is 23.8 Å². The summed E-state index contributed by atoms with van der Waals surface area (Å²) in [6.07, 6.45) is 5.09. The van der Waals surface area contributed by atoms with Crippen molar-refractivity contribution in [2.75, 3.05) is 18.0 Å². The Bertz CT molecular complexity index is 810. The van der Waals surface area contributed by atoms with Crippen molar-refractivity contribution in [2.24, 2.45) is 11.7 Å². The third-order valence-electron chi connectivity index (χ3n) is 5.99. The van der Waals surface area contributed by atoms with Gasteiger partial charge in [-0.25, -0.2) is 9.37 Å². The summed E-state index contributed by atoms with van der Waals surface area (Å²) in [5, 5.41) is 18.4. The van der Waals surface area contributed by atoms with Gasteiger partial charge in [0.15, 0.2) is 0 Å². The molecule has 1 saturated heterocycles. The fourth-order valence-corrected chi connectivity index (χ4v) is 4.26. The molecule has 0 radical (unpaired) electrons. The Morgan fingerprint density at radius 2 is 1.93 bits per heavy atom. The number of fused-ring (bicyclic) bond motifs is 1. The van der Waals surface area contributed by atoms with Gasteiger partial charge in [-0.2, -0.15) is 0 Å². The molecule has 3 rings (SSSR count). The summed E-state index contributed by atoms with van der Waals surface area (Å²) < 4.78 is 14.1. The summed E-state index contributed by atoms with van der Waals surface area (Å²) in [6.45, 7) is 5.77. The lowest BCUT2D eigenvalue weighted by Gasteiger charge is -2.36. The maximum absolute atomic E-state index is 14.1. The molecular formula is C21H31BFN3O2. The van der Waals surface area contributed by atoms with Gasteiger partial charge < -0.3 is 20.7 Å². The van der Waals surface area contributed by atoms with E-state index < -0.39 is 7.12 Å². The SMILES string of the molecule is Cc1cc2c(F)ccc(C)c2nc1N1CCC(C(N)CCCCB(O)O)CC1. The molecule has 2 aromatic rings. The fourth-order valence-electron chi connectivity index (χ4n) is 4.26. The molecule has 1 aromatic heterocycles. The molecule has 4 N–H and O–H groups in total. The Morgan fingerprint density at radius 1 is 1.21 bits per heavy atom. The molecule has 1 aromatic carbocycles. The van der Waals surface area contributed by atoms with Crippen LogP contribution in [-0.4, -0.2) is 41.3 Å². The molecule has 2 heterocycles. The van der Waals surface area contributed by atoms with Crippen molar-refractivity contribution < 1.29 is 14.4 Å². The molecule has 152 valence electrons. The molecule has 1 fully saturated rings. The number of hydrogen-bond donors (Lipinski definition) is 3. The topological polar surface area (TPSA) is 82.6 Å². The van der Waals surface area contributed by atoms with E-state index in [2.05, 4.69) is 4.90 Å². The second-order valence-corrected chi connectivity index (χ2v) is 8.14. The van der Waals surface area contributed by atoms with E-state index in [1.165, 1.54) is 6.07 Å². The summed E-state index contributed by atoms with van der Waals surface area (Å²) in [7, 11) is -1.21. The highest BCUT2D eigenvalue weighted by molar-refractivity contribution is 6.40. The Labute approximate surface area is 166 Å². The van der Waals surface area contributed by atoms with Crippen LogP contribution in [0.2, 0.25) is 6.32 Å². The van der Waals surface area contributed by atoms with Crippen molar-refractivity contribution in [3.05, 3.63) is 35.1 Å². The number of hydrogen-bond acceptors (Lipinski definition) is 5. The number of aryl methyl sites for hydroxylation is 2. The lowest BCUT2D eigenvalue weighted by atomic mass is 9.82. The molecule has 0 saturated carbocycles. The minimum atomic E-state index is -1.21.